The normalized spacial score (nSPS) is 21.9. The van der Waals surface area contributed by atoms with E-state index in [1.165, 1.54) is 18.2 Å². The summed E-state index contributed by atoms with van der Waals surface area (Å²) in [5.74, 6) is -0.697. The molecule has 6 rings (SSSR count). The first-order chi connectivity index (χ1) is 17.2. The molecule has 1 atom stereocenters. The zero-order valence-electron chi connectivity index (χ0n) is 19.0. The number of alkyl halides is 3. The number of fused-ring (bicyclic) bond motifs is 2. The Morgan fingerprint density at radius 1 is 1.03 bits per heavy atom. The third kappa shape index (κ3) is 3.70. The van der Waals surface area contributed by atoms with Gasteiger partial charge in [0.15, 0.2) is 5.60 Å². The number of ether oxygens (including phenoxy) is 2. The maximum Gasteiger partial charge on any atom is 0.573 e. The summed E-state index contributed by atoms with van der Waals surface area (Å²) in [5, 5.41) is 0. The van der Waals surface area contributed by atoms with Crippen molar-refractivity contribution in [2.24, 2.45) is 0 Å². The molecule has 1 spiro atoms. The number of esters is 1. The van der Waals surface area contributed by atoms with Crippen LogP contribution in [-0.4, -0.2) is 41.2 Å². The topological polar surface area (TPSA) is 68.7 Å². The van der Waals surface area contributed by atoms with Gasteiger partial charge < -0.3 is 14.4 Å². The van der Waals surface area contributed by atoms with E-state index in [2.05, 4.69) is 9.72 Å². The van der Waals surface area contributed by atoms with Gasteiger partial charge in [-0.15, -0.1) is 13.2 Å². The number of nitrogens with zero attached hydrogens (tertiary/aromatic N) is 2. The highest BCUT2D eigenvalue weighted by atomic mass is 19.4. The van der Waals surface area contributed by atoms with Crippen molar-refractivity contribution in [1.29, 1.82) is 0 Å². The van der Waals surface area contributed by atoms with Crippen molar-refractivity contribution in [2.75, 3.05) is 13.1 Å². The molecule has 1 aromatic heterocycles. The van der Waals surface area contributed by atoms with Gasteiger partial charge in [0.25, 0.3) is 0 Å². The fourth-order valence-electron chi connectivity index (χ4n) is 5.36. The lowest BCUT2D eigenvalue weighted by Crippen LogP contribution is -2.40. The number of benzene rings is 2. The highest BCUT2D eigenvalue weighted by Gasteiger charge is 2.57. The molecule has 0 bridgehead atoms. The van der Waals surface area contributed by atoms with Crippen LogP contribution in [0.3, 0.4) is 0 Å². The van der Waals surface area contributed by atoms with Crippen LogP contribution in [0.1, 0.15) is 40.7 Å². The highest BCUT2D eigenvalue weighted by molar-refractivity contribution is 5.96. The Labute approximate surface area is 204 Å². The summed E-state index contributed by atoms with van der Waals surface area (Å²) in [4.78, 5) is 32.2. The first-order valence-corrected chi connectivity index (χ1v) is 11.6. The molecule has 36 heavy (non-hydrogen) atoms. The summed E-state index contributed by atoms with van der Waals surface area (Å²) < 4.78 is 47.5. The molecule has 3 heterocycles. The summed E-state index contributed by atoms with van der Waals surface area (Å²) in [7, 11) is 0. The maximum atomic E-state index is 13.6. The molecule has 9 heteroatoms. The highest BCUT2D eigenvalue weighted by Crippen LogP contribution is 2.52. The van der Waals surface area contributed by atoms with Crippen LogP contribution in [0.4, 0.5) is 13.2 Å². The molecule has 2 aromatic carbocycles. The monoisotopic (exact) mass is 494 g/mol. The van der Waals surface area contributed by atoms with Crippen molar-refractivity contribution < 1.29 is 32.2 Å². The van der Waals surface area contributed by atoms with Gasteiger partial charge in [0.2, 0.25) is 5.91 Å². The molecule has 184 valence electrons. The van der Waals surface area contributed by atoms with Crippen molar-refractivity contribution >= 4 is 11.9 Å². The molecule has 1 saturated heterocycles. The number of pyridine rings is 1. The largest absolute Gasteiger partial charge is 0.573 e. The Hall–Kier alpha value is -3.88. The molecule has 0 radical (unpaired) electrons. The quantitative estimate of drug-likeness (QED) is 0.479. The molecule has 3 aliphatic rings. The van der Waals surface area contributed by atoms with E-state index >= 15 is 0 Å². The maximum absolute atomic E-state index is 13.6. The Kier molecular flexibility index (Phi) is 4.90. The van der Waals surface area contributed by atoms with Crippen LogP contribution in [0.5, 0.6) is 5.75 Å². The van der Waals surface area contributed by atoms with Gasteiger partial charge in [-0.2, -0.15) is 0 Å². The number of hydrogen-bond donors (Lipinski definition) is 0. The zero-order chi connectivity index (χ0) is 25.1. The lowest BCUT2D eigenvalue weighted by Gasteiger charge is -2.26. The predicted octanol–water partition coefficient (Wildman–Crippen LogP) is 4.98. The van der Waals surface area contributed by atoms with E-state index in [4.69, 9.17) is 4.74 Å². The van der Waals surface area contributed by atoms with Crippen LogP contribution in [0.15, 0.2) is 66.9 Å². The fraction of sp³-hybridized carbons (Fsp3) is 0.296. The molecule has 0 N–H and O–H groups in total. The van der Waals surface area contributed by atoms with Crippen LogP contribution >= 0.6 is 0 Å². The second kappa shape index (κ2) is 7.81. The number of rotatable bonds is 4. The third-order valence-corrected chi connectivity index (χ3v) is 7.28. The van der Waals surface area contributed by atoms with Gasteiger partial charge in [-0.3, -0.25) is 9.78 Å². The molecular weight excluding hydrogens is 473 g/mol. The van der Waals surface area contributed by atoms with Crippen molar-refractivity contribution in [1.82, 2.24) is 9.88 Å². The van der Waals surface area contributed by atoms with Crippen molar-refractivity contribution in [3.05, 3.63) is 83.6 Å². The van der Waals surface area contributed by atoms with Gasteiger partial charge in [0.1, 0.15) is 5.75 Å². The minimum absolute atomic E-state index is 0.0186. The molecule has 2 aliphatic heterocycles. The Balaban J connectivity index is 1.21. The molecular formula is C27H21F3N2O4. The van der Waals surface area contributed by atoms with Gasteiger partial charge in [0, 0.05) is 30.3 Å². The van der Waals surface area contributed by atoms with Crippen LogP contribution in [0, 0.1) is 0 Å². The molecule has 1 amide bonds. The van der Waals surface area contributed by atoms with E-state index in [0.29, 0.717) is 49.2 Å². The number of carbonyl (C=O) groups excluding carboxylic acids is 2. The summed E-state index contributed by atoms with van der Waals surface area (Å²) in [6.07, 6.45) is -1.25. The van der Waals surface area contributed by atoms with Crippen molar-refractivity contribution in [3.8, 4) is 17.0 Å². The molecule has 1 unspecified atom stereocenters. The smallest absolute Gasteiger partial charge is 0.449 e. The summed E-state index contributed by atoms with van der Waals surface area (Å²) in [6, 6.07) is 16.4. The second-order valence-corrected chi connectivity index (χ2v) is 9.50. The van der Waals surface area contributed by atoms with Crippen LogP contribution in [0.25, 0.3) is 11.3 Å². The minimum Gasteiger partial charge on any atom is -0.449 e. The molecule has 3 aromatic rings. The molecule has 1 saturated carbocycles. The van der Waals surface area contributed by atoms with E-state index in [1.807, 2.05) is 12.1 Å². The number of carbonyl (C=O) groups is 2. The minimum atomic E-state index is -4.78. The average Bonchev–Trinajstić information content (AvgIpc) is 3.49. The Morgan fingerprint density at radius 2 is 1.83 bits per heavy atom. The van der Waals surface area contributed by atoms with E-state index < -0.39 is 17.4 Å². The lowest BCUT2D eigenvalue weighted by molar-refractivity contribution is -0.274. The van der Waals surface area contributed by atoms with Crippen molar-refractivity contribution in [2.45, 2.75) is 36.6 Å². The van der Waals surface area contributed by atoms with E-state index in [1.54, 1.807) is 41.4 Å². The molecule has 1 aliphatic carbocycles. The Bertz CT molecular complexity index is 1370. The lowest BCUT2D eigenvalue weighted by atomic mass is 9.91. The first-order valence-electron chi connectivity index (χ1n) is 11.6. The number of aromatic nitrogens is 1. The zero-order valence-corrected chi connectivity index (χ0v) is 19.0. The molecule has 2 fully saturated rings. The first kappa shape index (κ1) is 22.6. The SMILES string of the molecule is O=C1OC2(CCN(C(=O)C3(c4ccc(-c5cccc(OC(F)(F)F)c5)nc4)CC3)C2)c2ccccc21. The number of likely N-dealkylation sites (tertiary alicyclic amines) is 1. The average molecular weight is 494 g/mol. The van der Waals surface area contributed by atoms with Gasteiger partial charge >= 0.3 is 12.3 Å². The van der Waals surface area contributed by atoms with E-state index in [-0.39, 0.29) is 17.6 Å². The second-order valence-electron chi connectivity index (χ2n) is 9.50. The summed E-state index contributed by atoms with van der Waals surface area (Å²) in [6.45, 7) is 0.799. The number of hydrogen-bond acceptors (Lipinski definition) is 5. The Morgan fingerprint density at radius 3 is 2.56 bits per heavy atom. The van der Waals surface area contributed by atoms with Gasteiger partial charge in [0.05, 0.1) is 23.2 Å². The van der Waals surface area contributed by atoms with E-state index in [0.717, 1.165) is 11.1 Å². The summed E-state index contributed by atoms with van der Waals surface area (Å²) >= 11 is 0. The van der Waals surface area contributed by atoms with Gasteiger partial charge in [-0.05, 0) is 42.7 Å². The standard InChI is InChI=1S/C27H21F3N2O4/c28-27(29,30)35-19-5-3-4-17(14-19)22-9-8-18(15-31-22)25(10-11-25)24(34)32-13-12-26(16-32)21-7-2-1-6-20(21)23(33)36-26/h1-9,14-15H,10-13,16H2. The predicted molar refractivity (Wildman–Crippen MR) is 122 cm³/mol. The molecule has 6 nitrogen and oxygen atoms in total. The van der Waals surface area contributed by atoms with Crippen LogP contribution in [-0.2, 0) is 20.5 Å². The van der Waals surface area contributed by atoms with Crippen LogP contribution in [0.2, 0.25) is 0 Å². The van der Waals surface area contributed by atoms with Crippen molar-refractivity contribution in [3.63, 3.8) is 0 Å². The van der Waals surface area contributed by atoms with Gasteiger partial charge in [-0.1, -0.05) is 36.4 Å². The van der Waals surface area contributed by atoms with E-state index in [9.17, 15) is 22.8 Å². The number of halogens is 3. The third-order valence-electron chi connectivity index (χ3n) is 7.28. The fourth-order valence-corrected chi connectivity index (χ4v) is 5.36. The number of amides is 1. The summed E-state index contributed by atoms with van der Waals surface area (Å²) in [5.41, 5.74) is 1.62. The van der Waals surface area contributed by atoms with Gasteiger partial charge in [-0.25, -0.2) is 4.79 Å². The van der Waals surface area contributed by atoms with Crippen LogP contribution < -0.4 is 4.74 Å².